The number of carbonyl (C=O) groups is 2. The fourth-order valence-corrected chi connectivity index (χ4v) is 6.37. The highest BCUT2D eigenvalue weighted by Crippen LogP contribution is 2.39. The van der Waals surface area contributed by atoms with E-state index in [9.17, 15) is 9.59 Å². The molecule has 44 heavy (non-hydrogen) atoms. The maximum atomic E-state index is 12.8. The summed E-state index contributed by atoms with van der Waals surface area (Å²) in [5.74, 6) is 0.949. The summed E-state index contributed by atoms with van der Waals surface area (Å²) in [6, 6.07) is 26.7. The molecule has 1 heterocycles. The Morgan fingerprint density at radius 2 is 1.45 bits per heavy atom. The molecule has 3 atom stereocenters. The Morgan fingerprint density at radius 3 is 2.14 bits per heavy atom. The van der Waals surface area contributed by atoms with Gasteiger partial charge in [-0.05, 0) is 81.0 Å². The molecule has 2 aliphatic rings. The first-order valence-corrected chi connectivity index (χ1v) is 15.9. The van der Waals surface area contributed by atoms with Crippen LogP contribution in [-0.2, 0) is 31.8 Å². The van der Waals surface area contributed by atoms with Crippen LogP contribution in [0.5, 0.6) is 0 Å². The SMILES string of the molecule is CC(C)(C)OC(=O)CCOCCc1ccc(CCN2CC3C[C@@H](OC(=O)Nc4ccccc4-c4ccccc4)C[C@@H]3C2)cc1. The zero-order chi connectivity index (χ0) is 30.9. The van der Waals surface area contributed by atoms with Crippen molar-refractivity contribution in [3.63, 3.8) is 0 Å². The van der Waals surface area contributed by atoms with Crippen LogP contribution in [-0.4, -0.2) is 61.5 Å². The minimum Gasteiger partial charge on any atom is -0.460 e. The molecule has 3 aromatic rings. The first-order chi connectivity index (χ1) is 21.2. The lowest BCUT2D eigenvalue weighted by molar-refractivity contribution is -0.156. The number of rotatable bonds is 12. The number of benzene rings is 3. The summed E-state index contributed by atoms with van der Waals surface area (Å²) >= 11 is 0. The summed E-state index contributed by atoms with van der Waals surface area (Å²) < 4.78 is 16.8. The van der Waals surface area contributed by atoms with Gasteiger partial charge in [0.1, 0.15) is 11.7 Å². The van der Waals surface area contributed by atoms with E-state index in [2.05, 4.69) is 34.5 Å². The number of anilines is 1. The molecule has 2 fully saturated rings. The van der Waals surface area contributed by atoms with Gasteiger partial charge in [0.15, 0.2) is 0 Å². The van der Waals surface area contributed by atoms with Crippen molar-refractivity contribution >= 4 is 17.7 Å². The van der Waals surface area contributed by atoms with E-state index in [1.807, 2.05) is 75.4 Å². The Morgan fingerprint density at radius 1 is 0.818 bits per heavy atom. The molecule has 3 aromatic carbocycles. The number of hydrogen-bond donors (Lipinski definition) is 1. The molecule has 1 unspecified atom stereocenters. The molecule has 1 aliphatic heterocycles. The van der Waals surface area contributed by atoms with Crippen LogP contribution in [0.15, 0.2) is 78.9 Å². The Labute approximate surface area is 261 Å². The topological polar surface area (TPSA) is 77.1 Å². The van der Waals surface area contributed by atoms with Crippen molar-refractivity contribution in [3.8, 4) is 11.1 Å². The maximum Gasteiger partial charge on any atom is 0.411 e. The summed E-state index contributed by atoms with van der Waals surface area (Å²) in [5, 5.41) is 2.98. The van der Waals surface area contributed by atoms with Gasteiger partial charge in [0.25, 0.3) is 0 Å². The summed E-state index contributed by atoms with van der Waals surface area (Å²) in [7, 11) is 0. The summed E-state index contributed by atoms with van der Waals surface area (Å²) in [6.45, 7) is 9.77. The Hall–Kier alpha value is -3.68. The molecule has 0 aromatic heterocycles. The molecule has 1 amide bonds. The van der Waals surface area contributed by atoms with Gasteiger partial charge < -0.3 is 19.1 Å². The minimum absolute atomic E-state index is 0.0233. The van der Waals surface area contributed by atoms with Crippen LogP contribution in [0.4, 0.5) is 10.5 Å². The predicted octanol–water partition coefficient (Wildman–Crippen LogP) is 7.15. The summed E-state index contributed by atoms with van der Waals surface area (Å²) in [4.78, 5) is 27.1. The Bertz CT molecular complexity index is 1350. The first kappa shape index (κ1) is 31.7. The quantitative estimate of drug-likeness (QED) is 0.176. The fraction of sp³-hybridized carbons (Fsp3) is 0.459. The van der Waals surface area contributed by atoms with E-state index in [-0.39, 0.29) is 24.6 Å². The van der Waals surface area contributed by atoms with E-state index in [0.717, 1.165) is 62.1 Å². The third-order valence-electron chi connectivity index (χ3n) is 8.45. The number of carbonyl (C=O) groups excluding carboxylic acids is 2. The van der Waals surface area contributed by atoms with E-state index >= 15 is 0 Å². The highest BCUT2D eigenvalue weighted by Gasteiger charge is 2.42. The second-order valence-corrected chi connectivity index (χ2v) is 13.1. The largest absolute Gasteiger partial charge is 0.460 e. The third-order valence-corrected chi connectivity index (χ3v) is 8.45. The highest BCUT2D eigenvalue weighted by molar-refractivity contribution is 5.91. The number of hydrogen-bond acceptors (Lipinski definition) is 6. The van der Waals surface area contributed by atoms with Gasteiger partial charge in [-0.15, -0.1) is 0 Å². The van der Waals surface area contributed by atoms with Crippen LogP contribution < -0.4 is 5.32 Å². The second-order valence-electron chi connectivity index (χ2n) is 13.1. The van der Waals surface area contributed by atoms with Gasteiger partial charge >= 0.3 is 12.1 Å². The van der Waals surface area contributed by atoms with E-state index < -0.39 is 5.60 Å². The van der Waals surface area contributed by atoms with Crippen LogP contribution >= 0.6 is 0 Å². The van der Waals surface area contributed by atoms with Gasteiger partial charge in [-0.3, -0.25) is 10.1 Å². The second kappa shape index (κ2) is 14.9. The molecule has 0 spiro atoms. The molecule has 1 N–H and O–H groups in total. The molecule has 1 saturated heterocycles. The van der Waals surface area contributed by atoms with Gasteiger partial charge in [0.05, 0.1) is 25.3 Å². The smallest absolute Gasteiger partial charge is 0.411 e. The number of esters is 1. The molecule has 0 bridgehead atoms. The summed E-state index contributed by atoms with van der Waals surface area (Å²) in [5.41, 5.74) is 4.94. The van der Waals surface area contributed by atoms with Crippen molar-refractivity contribution in [2.24, 2.45) is 11.8 Å². The number of para-hydroxylation sites is 1. The van der Waals surface area contributed by atoms with Crippen LogP contribution in [0, 0.1) is 11.8 Å². The monoisotopic (exact) mass is 598 g/mol. The van der Waals surface area contributed by atoms with Crippen LogP contribution in [0.25, 0.3) is 11.1 Å². The summed E-state index contributed by atoms with van der Waals surface area (Å²) in [6.07, 6.45) is 3.60. The molecule has 5 rings (SSSR count). The minimum atomic E-state index is -0.457. The predicted molar refractivity (Wildman–Crippen MR) is 174 cm³/mol. The number of amides is 1. The number of ether oxygens (including phenoxy) is 3. The lowest BCUT2D eigenvalue weighted by Gasteiger charge is -2.20. The molecular formula is C37H46N2O5. The normalized spacial score (nSPS) is 19.8. The molecule has 7 heteroatoms. The van der Waals surface area contributed by atoms with Crippen molar-refractivity contribution in [1.29, 1.82) is 0 Å². The van der Waals surface area contributed by atoms with E-state index in [1.54, 1.807) is 0 Å². The van der Waals surface area contributed by atoms with Crippen molar-refractivity contribution in [1.82, 2.24) is 4.90 Å². The van der Waals surface area contributed by atoms with Gasteiger partial charge in [-0.2, -0.15) is 0 Å². The number of likely N-dealkylation sites (tertiary alicyclic amines) is 1. The lowest BCUT2D eigenvalue weighted by Crippen LogP contribution is -2.27. The highest BCUT2D eigenvalue weighted by atomic mass is 16.6. The zero-order valence-corrected chi connectivity index (χ0v) is 26.3. The van der Waals surface area contributed by atoms with E-state index in [4.69, 9.17) is 14.2 Å². The molecular weight excluding hydrogens is 552 g/mol. The van der Waals surface area contributed by atoms with Crippen LogP contribution in [0.1, 0.15) is 51.2 Å². The fourth-order valence-electron chi connectivity index (χ4n) is 6.37. The van der Waals surface area contributed by atoms with Crippen molar-refractivity contribution in [2.75, 3.05) is 38.2 Å². The van der Waals surface area contributed by atoms with Gasteiger partial charge in [0.2, 0.25) is 0 Å². The molecule has 234 valence electrons. The molecule has 1 saturated carbocycles. The number of fused-ring (bicyclic) bond motifs is 1. The van der Waals surface area contributed by atoms with Crippen LogP contribution in [0.2, 0.25) is 0 Å². The standard InChI is InChI=1S/C37H46N2O5/c1-37(2,3)44-35(40)19-22-42-21-18-28-15-13-27(14-16-28)17-20-39-25-30-23-32(24-31(30)26-39)43-36(41)38-34-12-8-7-11-33(34)29-9-5-4-6-10-29/h4-16,30-32H,17-26H2,1-3H3,(H,38,41)/t30-,31?,32+/m1/s1. The zero-order valence-electron chi connectivity index (χ0n) is 26.3. The van der Waals surface area contributed by atoms with E-state index in [1.165, 1.54) is 11.1 Å². The average Bonchev–Trinajstić information content (AvgIpc) is 3.54. The van der Waals surface area contributed by atoms with Crippen molar-refractivity contribution in [3.05, 3.63) is 90.0 Å². The van der Waals surface area contributed by atoms with Crippen LogP contribution in [0.3, 0.4) is 0 Å². The van der Waals surface area contributed by atoms with Gasteiger partial charge in [0, 0.05) is 25.2 Å². The Balaban J connectivity index is 0.977. The van der Waals surface area contributed by atoms with E-state index in [0.29, 0.717) is 25.0 Å². The third kappa shape index (κ3) is 9.41. The first-order valence-electron chi connectivity index (χ1n) is 15.9. The van der Waals surface area contributed by atoms with Gasteiger partial charge in [-0.25, -0.2) is 4.79 Å². The average molecular weight is 599 g/mol. The molecule has 7 nitrogen and oxygen atoms in total. The maximum absolute atomic E-state index is 12.8. The lowest BCUT2D eigenvalue weighted by atomic mass is 10.0. The Kier molecular flexibility index (Phi) is 10.7. The molecule has 1 aliphatic carbocycles. The molecule has 0 radical (unpaired) electrons. The van der Waals surface area contributed by atoms with Gasteiger partial charge in [-0.1, -0.05) is 72.8 Å². The van der Waals surface area contributed by atoms with Crippen molar-refractivity contribution in [2.45, 2.75) is 64.6 Å². The van der Waals surface area contributed by atoms with Crippen molar-refractivity contribution < 1.29 is 23.8 Å². The number of nitrogens with zero attached hydrogens (tertiary/aromatic N) is 1. The number of nitrogens with one attached hydrogen (secondary N) is 1.